The maximum absolute atomic E-state index is 9.06. The van der Waals surface area contributed by atoms with Crippen LogP contribution in [-0.4, -0.2) is 14.1 Å². The van der Waals surface area contributed by atoms with Crippen molar-refractivity contribution in [3.63, 3.8) is 0 Å². The van der Waals surface area contributed by atoms with Gasteiger partial charge in [-0.1, -0.05) is 193 Å². The smallest absolute Gasteiger partial charge is 0.269 e. The van der Waals surface area contributed by atoms with Crippen molar-refractivity contribution in [3.8, 4) is 84.3 Å². The highest BCUT2D eigenvalue weighted by Gasteiger charge is 2.31. The van der Waals surface area contributed by atoms with Gasteiger partial charge in [-0.3, -0.25) is 13.7 Å². The summed E-state index contributed by atoms with van der Waals surface area (Å²) in [7, 11) is 0. The summed E-state index contributed by atoms with van der Waals surface area (Å²) in [5, 5.41) is 2.20. The lowest BCUT2D eigenvalue weighted by molar-refractivity contribution is -0.572. The quantitative estimate of drug-likeness (QED) is 0.123. The van der Waals surface area contributed by atoms with Crippen molar-refractivity contribution in [2.75, 3.05) is 0 Å². The van der Waals surface area contributed by atoms with Gasteiger partial charge in [0.05, 0.1) is 40.3 Å². The maximum Gasteiger partial charge on any atom is 0.269 e. The summed E-state index contributed by atoms with van der Waals surface area (Å²) >= 11 is 0. The molecule has 0 radical (unpaired) electrons. The molecule has 0 saturated heterocycles. The van der Waals surface area contributed by atoms with E-state index in [-0.39, 0.29) is 40.6 Å². The fourth-order valence-electron chi connectivity index (χ4n) is 10.9. The van der Waals surface area contributed by atoms with E-state index in [9.17, 15) is 0 Å². The van der Waals surface area contributed by atoms with Gasteiger partial charge in [-0.15, -0.1) is 0 Å². The summed E-state index contributed by atoms with van der Waals surface area (Å²) in [6, 6.07) is 61.3. The molecule has 73 heavy (non-hydrogen) atoms. The van der Waals surface area contributed by atoms with Crippen LogP contribution in [0.3, 0.4) is 0 Å². The van der Waals surface area contributed by atoms with Crippen molar-refractivity contribution >= 4 is 32.8 Å². The van der Waals surface area contributed by atoms with Crippen molar-refractivity contribution in [3.05, 3.63) is 236 Å². The zero-order valence-electron chi connectivity index (χ0n) is 46.6. The van der Waals surface area contributed by atoms with Crippen molar-refractivity contribution in [2.45, 2.75) is 52.4 Å². The second-order valence-electron chi connectivity index (χ2n) is 21.0. The van der Waals surface area contributed by atoms with Crippen LogP contribution in [0.2, 0.25) is 0 Å². The number of ether oxygens (including phenoxy) is 1. The minimum atomic E-state index is -0.437. The third kappa shape index (κ3) is 7.45. The molecule has 5 nitrogen and oxygen atoms in total. The van der Waals surface area contributed by atoms with Gasteiger partial charge in [-0.05, 0) is 127 Å². The van der Waals surface area contributed by atoms with Crippen LogP contribution in [0.15, 0.2) is 218 Å². The predicted molar refractivity (Wildman–Crippen MR) is 300 cm³/mol. The molecule has 0 amide bonds. The molecule has 0 N–H and O–H groups in total. The van der Waals surface area contributed by atoms with Gasteiger partial charge in [0.1, 0.15) is 17.3 Å². The van der Waals surface area contributed by atoms with Crippen LogP contribution in [0.25, 0.3) is 106 Å². The highest BCUT2D eigenvalue weighted by Crippen LogP contribution is 2.51. The van der Waals surface area contributed by atoms with E-state index in [1.807, 2.05) is 59.3 Å². The fourth-order valence-corrected chi connectivity index (χ4v) is 10.9. The lowest BCUT2D eigenvalue weighted by atomic mass is 9.76. The second-order valence-corrected chi connectivity index (χ2v) is 21.0. The van der Waals surface area contributed by atoms with Crippen LogP contribution in [0, 0.1) is 6.33 Å². The Hall–Kier alpha value is -8.80. The average Bonchev–Trinajstić information content (AvgIpc) is 4.10. The summed E-state index contributed by atoms with van der Waals surface area (Å²) < 4.78 is 57.0. The normalized spacial score (nSPS) is 13.2. The van der Waals surface area contributed by atoms with E-state index in [0.29, 0.717) is 22.6 Å². The standard InChI is InChI=1S/C68H54N4O/c1-67(2,3)46-37-38-69-64(40-46)72-60-30-17-16-28-55(60)56-33-32-49(42-62(56)72)73-48-22-18-21-47(41-48)70-43-71(61-36-31-45(39-63(61)70)44-19-8-7-9-20-44)66-59(68(4,5)6)35-34-58-54-27-13-12-25-52(54)50-23-10-11-24-51(50)53-26-14-15-29-57(53)65(58)66/h7-42H,1-6H3/i7D,8D,9D,19D,20D. The molecule has 0 saturated carbocycles. The summed E-state index contributed by atoms with van der Waals surface area (Å²) in [5.41, 5.74) is 16.6. The molecular formula is C68H54N4O. The number of pyridine rings is 1. The van der Waals surface area contributed by atoms with Crippen molar-refractivity contribution in [1.29, 1.82) is 0 Å². The monoisotopic (exact) mass is 947 g/mol. The minimum Gasteiger partial charge on any atom is -0.458 e. The Morgan fingerprint density at radius 2 is 1.15 bits per heavy atom. The van der Waals surface area contributed by atoms with E-state index in [4.69, 9.17) is 16.6 Å². The second kappa shape index (κ2) is 16.9. The number of nitrogens with zero attached hydrogens (tertiary/aromatic N) is 4. The van der Waals surface area contributed by atoms with Gasteiger partial charge in [0.15, 0.2) is 0 Å². The molecule has 0 fully saturated rings. The largest absolute Gasteiger partial charge is 0.458 e. The Morgan fingerprint density at radius 1 is 0.507 bits per heavy atom. The molecule has 13 rings (SSSR count). The van der Waals surface area contributed by atoms with E-state index in [1.54, 1.807) is 0 Å². The Morgan fingerprint density at radius 3 is 1.86 bits per heavy atom. The lowest BCUT2D eigenvalue weighted by Crippen LogP contribution is -2.35. The molecule has 9 aromatic carbocycles. The minimum absolute atomic E-state index is 0.0717. The molecule has 3 heterocycles. The highest BCUT2D eigenvalue weighted by atomic mass is 16.5. The van der Waals surface area contributed by atoms with E-state index in [0.717, 1.165) is 94.6 Å². The fraction of sp³-hybridized carbons (Fsp3) is 0.118. The number of benzene rings is 9. The van der Waals surface area contributed by atoms with Crippen LogP contribution in [0.5, 0.6) is 11.5 Å². The Bertz CT molecular complexity index is 4430. The van der Waals surface area contributed by atoms with Gasteiger partial charge in [0, 0.05) is 28.6 Å². The highest BCUT2D eigenvalue weighted by molar-refractivity contribution is 6.10. The lowest BCUT2D eigenvalue weighted by Gasteiger charge is -2.30. The molecule has 0 aliphatic heterocycles. The van der Waals surface area contributed by atoms with Crippen LogP contribution in [0.1, 0.15) is 59.5 Å². The summed E-state index contributed by atoms with van der Waals surface area (Å²) in [4.78, 5) is 4.90. The number of fused-ring (bicyclic) bond motifs is 12. The van der Waals surface area contributed by atoms with Gasteiger partial charge < -0.3 is 4.74 Å². The first kappa shape index (κ1) is 38.9. The molecule has 1 aliphatic carbocycles. The molecule has 0 atom stereocenters. The van der Waals surface area contributed by atoms with Gasteiger partial charge in [-0.2, -0.15) is 0 Å². The number of hydrogen-bond acceptors (Lipinski definition) is 2. The zero-order valence-corrected chi connectivity index (χ0v) is 41.6. The number of imidazole rings is 1. The van der Waals surface area contributed by atoms with Gasteiger partial charge in [0.2, 0.25) is 0 Å². The predicted octanol–water partition coefficient (Wildman–Crippen LogP) is 17.2. The molecule has 12 aromatic rings. The van der Waals surface area contributed by atoms with Gasteiger partial charge >= 0.3 is 0 Å². The first-order valence-electron chi connectivity index (χ1n) is 27.4. The van der Waals surface area contributed by atoms with Crippen LogP contribution < -0.4 is 9.30 Å². The number of rotatable bonds is 6. The first-order chi connectivity index (χ1) is 37.5. The van der Waals surface area contributed by atoms with E-state index >= 15 is 0 Å². The van der Waals surface area contributed by atoms with Gasteiger partial charge in [0.25, 0.3) is 6.33 Å². The average molecular weight is 948 g/mol. The van der Waals surface area contributed by atoms with Crippen molar-refractivity contribution in [1.82, 2.24) is 14.1 Å². The molecule has 0 unspecified atom stereocenters. The number of para-hydroxylation sites is 1. The third-order valence-electron chi connectivity index (χ3n) is 14.4. The summed E-state index contributed by atoms with van der Waals surface area (Å²) in [6.45, 7) is 13.4. The molecule has 3 aromatic heterocycles. The van der Waals surface area contributed by atoms with Gasteiger partial charge in [-0.25, -0.2) is 4.98 Å². The van der Waals surface area contributed by atoms with Crippen LogP contribution in [-0.2, 0) is 10.8 Å². The van der Waals surface area contributed by atoms with Crippen LogP contribution in [0.4, 0.5) is 0 Å². The SMILES string of the molecule is [2H]c1c([2H])c([2H])c(-c2ccc3c(c2)n(-c2cccc(Oc4ccc5c6ccccc6n(-c6cc(C(C)(C)C)ccn6)c5c4)c2)[c-][n+]3-c2c(C(C)(C)C)ccc3c2-c2ccccc2-c2ccccc2-c2ccccc2-3)c([2H])c1[2H]. The molecule has 0 bridgehead atoms. The molecule has 5 heteroatoms. The molecular weight excluding hydrogens is 889 g/mol. The van der Waals surface area contributed by atoms with E-state index < -0.39 is 6.04 Å². The Kier molecular flexibility index (Phi) is 9.02. The zero-order chi connectivity index (χ0) is 53.9. The third-order valence-corrected chi connectivity index (χ3v) is 14.4. The van der Waals surface area contributed by atoms with E-state index in [2.05, 4.69) is 190 Å². The number of aromatic nitrogens is 4. The summed E-state index contributed by atoms with van der Waals surface area (Å²) in [5.74, 6) is 2.07. The Balaban J connectivity index is 1.04. The van der Waals surface area contributed by atoms with E-state index in [1.165, 1.54) is 5.56 Å². The van der Waals surface area contributed by atoms with Crippen molar-refractivity contribution < 1.29 is 16.2 Å². The topological polar surface area (TPSA) is 35.9 Å². The molecule has 352 valence electrons. The molecule has 1 aliphatic rings. The summed E-state index contributed by atoms with van der Waals surface area (Å²) in [6.07, 6.45) is 5.76. The maximum atomic E-state index is 9.06. The Labute approximate surface area is 433 Å². The molecule has 0 spiro atoms. The van der Waals surface area contributed by atoms with Crippen LogP contribution >= 0.6 is 0 Å². The van der Waals surface area contributed by atoms with Crippen molar-refractivity contribution in [2.24, 2.45) is 0 Å². The number of hydrogen-bond donors (Lipinski definition) is 0. The first-order valence-corrected chi connectivity index (χ1v) is 24.9.